The molecule has 1 aromatic carbocycles. The molecule has 3 N–H and O–H groups in total. The van der Waals surface area contributed by atoms with E-state index in [1.54, 1.807) is 6.08 Å². The summed E-state index contributed by atoms with van der Waals surface area (Å²) in [5.41, 5.74) is 5.98. The molecule has 132 valence electrons. The lowest BCUT2D eigenvalue weighted by Gasteiger charge is -2.18. The predicted molar refractivity (Wildman–Crippen MR) is 97.9 cm³/mol. The standard InChI is InChI=1S/C17H21N5O2S/c1-4-10-22-14(12-8-6-5-7-9-12)20-21-17(22)25-13(11(2)3)15(23)19-16(18)24/h4-9,11,13H,1,10H2,2-3H3,(H3,18,19,23,24)/t13-/m1/s1. The Bertz CT molecular complexity index is 758. The first kappa shape index (κ1) is 18.7. The monoisotopic (exact) mass is 359 g/mol. The number of carbonyl (C=O) groups is 2. The summed E-state index contributed by atoms with van der Waals surface area (Å²) >= 11 is 1.25. The van der Waals surface area contributed by atoms with Crippen LogP contribution in [0.25, 0.3) is 11.4 Å². The molecule has 2 rings (SSSR count). The second kappa shape index (κ2) is 8.48. The maximum Gasteiger partial charge on any atom is 0.318 e. The Kier molecular flexibility index (Phi) is 6.35. The summed E-state index contributed by atoms with van der Waals surface area (Å²) in [6.45, 7) is 8.06. The van der Waals surface area contributed by atoms with E-state index in [0.29, 0.717) is 17.5 Å². The predicted octanol–water partition coefficient (Wildman–Crippen LogP) is 2.44. The van der Waals surface area contributed by atoms with Crippen molar-refractivity contribution >= 4 is 23.7 Å². The number of hydrogen-bond donors (Lipinski definition) is 2. The van der Waals surface area contributed by atoms with Gasteiger partial charge in [0.15, 0.2) is 11.0 Å². The number of allylic oxidation sites excluding steroid dienone is 1. The molecule has 3 amide bonds. The van der Waals surface area contributed by atoms with Gasteiger partial charge >= 0.3 is 6.03 Å². The number of imide groups is 1. The third-order valence-electron chi connectivity index (χ3n) is 3.40. The van der Waals surface area contributed by atoms with Gasteiger partial charge in [-0.25, -0.2) is 4.79 Å². The average Bonchev–Trinajstić information content (AvgIpc) is 2.95. The van der Waals surface area contributed by atoms with E-state index < -0.39 is 17.2 Å². The van der Waals surface area contributed by atoms with Crippen LogP contribution in [-0.4, -0.2) is 32.0 Å². The first-order valence-electron chi connectivity index (χ1n) is 7.80. The van der Waals surface area contributed by atoms with Gasteiger partial charge in [-0.2, -0.15) is 0 Å². The molecule has 0 radical (unpaired) electrons. The van der Waals surface area contributed by atoms with Gasteiger partial charge in [0.2, 0.25) is 5.91 Å². The molecule has 0 bridgehead atoms. The van der Waals surface area contributed by atoms with Crippen LogP contribution in [0, 0.1) is 5.92 Å². The molecular weight excluding hydrogens is 338 g/mol. The molecule has 25 heavy (non-hydrogen) atoms. The molecule has 8 heteroatoms. The fraction of sp³-hybridized carbons (Fsp3) is 0.294. The Labute approximate surface area is 150 Å². The molecule has 0 spiro atoms. The number of rotatable bonds is 7. The highest BCUT2D eigenvalue weighted by molar-refractivity contribution is 8.00. The normalized spacial score (nSPS) is 12.0. The van der Waals surface area contributed by atoms with Crippen LogP contribution in [-0.2, 0) is 11.3 Å². The van der Waals surface area contributed by atoms with Gasteiger partial charge in [0.1, 0.15) is 0 Å². The van der Waals surface area contributed by atoms with Crippen LogP contribution < -0.4 is 11.1 Å². The zero-order chi connectivity index (χ0) is 18.4. The van der Waals surface area contributed by atoms with Crippen molar-refractivity contribution in [3.63, 3.8) is 0 Å². The fourth-order valence-electron chi connectivity index (χ4n) is 2.27. The molecule has 1 aromatic heterocycles. The molecule has 2 aromatic rings. The topological polar surface area (TPSA) is 103 Å². The van der Waals surface area contributed by atoms with Crippen molar-refractivity contribution in [2.24, 2.45) is 11.7 Å². The smallest absolute Gasteiger partial charge is 0.318 e. The van der Waals surface area contributed by atoms with E-state index in [1.807, 2.05) is 48.7 Å². The SMILES string of the molecule is C=CCn1c(S[C@@H](C(=O)NC(N)=O)C(C)C)nnc1-c1ccccc1. The first-order valence-corrected chi connectivity index (χ1v) is 8.68. The summed E-state index contributed by atoms with van der Waals surface area (Å²) in [4.78, 5) is 23.2. The summed E-state index contributed by atoms with van der Waals surface area (Å²) in [7, 11) is 0. The molecule has 1 atom stereocenters. The number of aromatic nitrogens is 3. The lowest BCUT2D eigenvalue weighted by Crippen LogP contribution is -2.42. The van der Waals surface area contributed by atoms with Gasteiger partial charge in [-0.1, -0.05) is 62.0 Å². The average molecular weight is 359 g/mol. The number of benzene rings is 1. The van der Waals surface area contributed by atoms with Gasteiger partial charge in [0.05, 0.1) is 5.25 Å². The maximum atomic E-state index is 12.2. The minimum atomic E-state index is -0.867. The van der Waals surface area contributed by atoms with E-state index in [2.05, 4.69) is 22.1 Å². The zero-order valence-corrected chi connectivity index (χ0v) is 15.0. The van der Waals surface area contributed by atoms with Crippen molar-refractivity contribution in [1.29, 1.82) is 0 Å². The molecular formula is C17H21N5O2S. The number of hydrogen-bond acceptors (Lipinski definition) is 5. The lowest BCUT2D eigenvalue weighted by molar-refractivity contribution is -0.120. The summed E-state index contributed by atoms with van der Waals surface area (Å²) in [5.74, 6) is 0.223. The second-order valence-electron chi connectivity index (χ2n) is 5.71. The van der Waals surface area contributed by atoms with Crippen LogP contribution >= 0.6 is 11.8 Å². The van der Waals surface area contributed by atoms with Gasteiger partial charge in [0.25, 0.3) is 0 Å². The van der Waals surface area contributed by atoms with E-state index in [-0.39, 0.29) is 5.92 Å². The Hall–Kier alpha value is -2.61. The Balaban J connectivity index is 2.34. The number of amides is 3. The molecule has 0 saturated carbocycles. The van der Waals surface area contributed by atoms with Gasteiger partial charge in [-0.3, -0.25) is 14.7 Å². The van der Waals surface area contributed by atoms with Crippen molar-refractivity contribution in [3.05, 3.63) is 43.0 Å². The van der Waals surface area contributed by atoms with E-state index in [1.165, 1.54) is 11.8 Å². The van der Waals surface area contributed by atoms with Gasteiger partial charge < -0.3 is 5.73 Å². The van der Waals surface area contributed by atoms with Gasteiger partial charge in [-0.15, -0.1) is 16.8 Å². The number of carbonyl (C=O) groups excluding carboxylic acids is 2. The highest BCUT2D eigenvalue weighted by Gasteiger charge is 2.27. The summed E-state index contributed by atoms with van der Waals surface area (Å²) < 4.78 is 1.89. The Morgan fingerprint density at radius 3 is 2.56 bits per heavy atom. The molecule has 1 heterocycles. The number of nitrogens with two attached hydrogens (primary N) is 1. The van der Waals surface area contributed by atoms with E-state index >= 15 is 0 Å². The number of primary amides is 1. The van der Waals surface area contributed by atoms with Gasteiger partial charge in [0, 0.05) is 12.1 Å². The van der Waals surface area contributed by atoms with Crippen molar-refractivity contribution < 1.29 is 9.59 Å². The van der Waals surface area contributed by atoms with Crippen LogP contribution in [0.2, 0.25) is 0 Å². The first-order chi connectivity index (χ1) is 11.9. The highest BCUT2D eigenvalue weighted by atomic mass is 32.2. The van der Waals surface area contributed by atoms with Crippen molar-refractivity contribution in [3.8, 4) is 11.4 Å². The van der Waals surface area contributed by atoms with Crippen molar-refractivity contribution in [2.45, 2.75) is 30.8 Å². The quantitative estimate of drug-likeness (QED) is 0.584. The molecule has 0 saturated heterocycles. The van der Waals surface area contributed by atoms with E-state index in [4.69, 9.17) is 5.73 Å². The highest BCUT2D eigenvalue weighted by Crippen LogP contribution is 2.30. The maximum absolute atomic E-state index is 12.2. The van der Waals surface area contributed by atoms with Crippen LogP contribution in [0.15, 0.2) is 48.1 Å². The van der Waals surface area contributed by atoms with E-state index in [0.717, 1.165) is 5.56 Å². The van der Waals surface area contributed by atoms with Gasteiger partial charge in [-0.05, 0) is 5.92 Å². The van der Waals surface area contributed by atoms with Crippen molar-refractivity contribution in [2.75, 3.05) is 0 Å². The fourth-order valence-corrected chi connectivity index (χ4v) is 3.31. The molecule has 7 nitrogen and oxygen atoms in total. The summed E-state index contributed by atoms with van der Waals surface area (Å²) in [6.07, 6.45) is 1.74. The molecule has 0 aliphatic carbocycles. The molecule has 0 unspecified atom stereocenters. The lowest BCUT2D eigenvalue weighted by atomic mass is 10.1. The van der Waals surface area contributed by atoms with Crippen LogP contribution in [0.1, 0.15) is 13.8 Å². The molecule has 0 fully saturated rings. The second-order valence-corrected chi connectivity index (χ2v) is 6.82. The minimum absolute atomic E-state index is 0.0293. The minimum Gasteiger partial charge on any atom is -0.351 e. The molecule has 0 aliphatic heterocycles. The number of nitrogens with one attached hydrogen (secondary N) is 1. The van der Waals surface area contributed by atoms with Crippen molar-refractivity contribution in [1.82, 2.24) is 20.1 Å². The third-order valence-corrected chi connectivity index (χ3v) is 4.93. The van der Waals surface area contributed by atoms with Crippen LogP contribution in [0.4, 0.5) is 4.79 Å². The largest absolute Gasteiger partial charge is 0.351 e. The Morgan fingerprint density at radius 1 is 1.32 bits per heavy atom. The number of thioether (sulfide) groups is 1. The van der Waals surface area contributed by atoms with E-state index in [9.17, 15) is 9.59 Å². The number of nitrogens with zero attached hydrogens (tertiary/aromatic N) is 3. The van der Waals surface area contributed by atoms with Crippen LogP contribution in [0.3, 0.4) is 0 Å². The summed E-state index contributed by atoms with van der Waals surface area (Å²) in [5, 5.41) is 10.7. The van der Waals surface area contributed by atoms with Crippen LogP contribution in [0.5, 0.6) is 0 Å². The zero-order valence-electron chi connectivity index (χ0n) is 14.2. The summed E-state index contributed by atoms with van der Waals surface area (Å²) in [6, 6.07) is 8.79. The number of urea groups is 1. The Morgan fingerprint density at radius 2 is 2.00 bits per heavy atom. The third kappa shape index (κ3) is 4.69. The molecule has 0 aliphatic rings.